The monoisotopic (exact) mass is 295 g/mol. The van der Waals surface area contributed by atoms with Crippen LogP contribution in [-0.4, -0.2) is 12.0 Å². The molecule has 0 bridgehead atoms. The second-order valence-electron chi connectivity index (χ2n) is 3.50. The lowest BCUT2D eigenvalue weighted by atomic mass is 10.0. The number of carbonyl (C=O) groups is 2. The van der Waals surface area contributed by atoms with Crippen LogP contribution in [0.2, 0.25) is 0 Å². The van der Waals surface area contributed by atoms with E-state index in [1.165, 1.54) is 6.08 Å². The molecule has 0 aliphatic carbocycles. The Labute approximate surface area is 106 Å². The molecule has 0 saturated carbocycles. The number of hydrogen-bond donors (Lipinski definition) is 2. The van der Waals surface area contributed by atoms with Crippen molar-refractivity contribution in [2.24, 2.45) is 0 Å². The summed E-state index contributed by atoms with van der Waals surface area (Å²) in [6.07, 6.45) is 1.40. The van der Waals surface area contributed by atoms with E-state index >= 15 is 0 Å². The van der Waals surface area contributed by atoms with Gasteiger partial charge in [-0.2, -0.15) is 0 Å². The van der Waals surface area contributed by atoms with Crippen LogP contribution in [0.1, 0.15) is 11.6 Å². The van der Waals surface area contributed by atoms with Crippen LogP contribution < -0.4 is 15.7 Å². The van der Waals surface area contributed by atoms with Crippen LogP contribution in [0.3, 0.4) is 0 Å². The fourth-order valence-electron chi connectivity index (χ4n) is 1.55. The smallest absolute Gasteiger partial charge is 0.320 e. The summed E-state index contributed by atoms with van der Waals surface area (Å²) in [6.45, 7) is 0. The van der Waals surface area contributed by atoms with Gasteiger partial charge in [-0.15, -0.1) is 0 Å². The van der Waals surface area contributed by atoms with Crippen LogP contribution in [0.5, 0.6) is 0 Å². The standard InChI is InChI=1S/C11H9BrN2O3/c12-7-3-1-2-6(4-7)8-5-9(10(15)16)14-11(17)13-8/h1-5,8H,(H,15,16)(H2,13,14,17)/p-1/t8-/m0/s1. The van der Waals surface area contributed by atoms with Crippen molar-refractivity contribution >= 4 is 27.9 Å². The Hall–Kier alpha value is -1.82. The SMILES string of the molecule is O=C1NC(C(=O)[O-])=C[C@@H](c2cccc(Br)c2)N1. The van der Waals surface area contributed by atoms with Gasteiger partial charge in [-0.3, -0.25) is 0 Å². The summed E-state index contributed by atoms with van der Waals surface area (Å²) in [7, 11) is 0. The Morgan fingerprint density at radius 1 is 1.41 bits per heavy atom. The normalized spacial score (nSPS) is 19.0. The average molecular weight is 296 g/mol. The van der Waals surface area contributed by atoms with E-state index in [9.17, 15) is 14.7 Å². The number of benzene rings is 1. The Balaban J connectivity index is 2.35. The molecule has 0 unspecified atom stereocenters. The van der Waals surface area contributed by atoms with E-state index in [1.54, 1.807) is 18.2 Å². The van der Waals surface area contributed by atoms with Crippen molar-refractivity contribution in [3.05, 3.63) is 46.1 Å². The van der Waals surface area contributed by atoms with Crippen LogP contribution >= 0.6 is 15.9 Å². The second kappa shape index (κ2) is 4.58. The van der Waals surface area contributed by atoms with E-state index in [4.69, 9.17) is 0 Å². The molecular formula is C11H8BrN2O3-. The molecule has 0 spiro atoms. The highest BCUT2D eigenvalue weighted by atomic mass is 79.9. The number of hydrogen-bond acceptors (Lipinski definition) is 3. The van der Waals surface area contributed by atoms with Gasteiger partial charge in [0.25, 0.3) is 0 Å². The quantitative estimate of drug-likeness (QED) is 0.830. The van der Waals surface area contributed by atoms with E-state index in [2.05, 4.69) is 26.6 Å². The van der Waals surface area contributed by atoms with Crippen molar-refractivity contribution in [3.8, 4) is 0 Å². The molecule has 1 aliphatic heterocycles. The number of carboxylic acid groups (broad SMARTS) is 1. The van der Waals surface area contributed by atoms with E-state index in [1.807, 2.05) is 6.07 Å². The summed E-state index contributed by atoms with van der Waals surface area (Å²) in [4.78, 5) is 22.0. The maximum atomic E-state index is 11.3. The third-order valence-corrected chi connectivity index (χ3v) is 2.79. The average Bonchev–Trinajstić information content (AvgIpc) is 2.28. The minimum Gasteiger partial charge on any atom is -0.543 e. The molecule has 1 aromatic carbocycles. The number of nitrogens with one attached hydrogen (secondary N) is 2. The number of aliphatic carboxylic acids is 1. The van der Waals surface area contributed by atoms with Crippen LogP contribution in [0.25, 0.3) is 0 Å². The number of halogens is 1. The first-order valence-corrected chi connectivity index (χ1v) is 5.62. The van der Waals surface area contributed by atoms with Gasteiger partial charge in [-0.25, -0.2) is 4.79 Å². The highest BCUT2D eigenvalue weighted by molar-refractivity contribution is 9.10. The van der Waals surface area contributed by atoms with Gasteiger partial charge in [0.15, 0.2) is 0 Å². The zero-order valence-corrected chi connectivity index (χ0v) is 10.2. The summed E-state index contributed by atoms with van der Waals surface area (Å²) < 4.78 is 0.853. The molecule has 0 saturated heterocycles. The van der Waals surface area contributed by atoms with Crippen molar-refractivity contribution in [2.75, 3.05) is 0 Å². The molecule has 17 heavy (non-hydrogen) atoms. The van der Waals surface area contributed by atoms with E-state index < -0.39 is 18.0 Å². The largest absolute Gasteiger partial charge is 0.543 e. The highest BCUT2D eigenvalue weighted by Crippen LogP contribution is 2.21. The number of rotatable bonds is 2. The summed E-state index contributed by atoms with van der Waals surface area (Å²) in [5.74, 6) is -1.40. The molecule has 2 amide bonds. The molecular weight excluding hydrogens is 288 g/mol. The predicted molar refractivity (Wildman–Crippen MR) is 61.6 cm³/mol. The van der Waals surface area contributed by atoms with Gasteiger partial charge in [0.1, 0.15) is 0 Å². The van der Waals surface area contributed by atoms with Crippen molar-refractivity contribution < 1.29 is 14.7 Å². The molecule has 0 aromatic heterocycles. The molecule has 0 fully saturated rings. The lowest BCUT2D eigenvalue weighted by Gasteiger charge is -2.24. The Morgan fingerprint density at radius 3 is 2.82 bits per heavy atom. The summed E-state index contributed by atoms with van der Waals surface area (Å²) >= 11 is 3.31. The fraction of sp³-hybridized carbons (Fsp3) is 0.0909. The lowest BCUT2D eigenvalue weighted by molar-refractivity contribution is -0.299. The molecule has 6 heteroatoms. The van der Waals surface area contributed by atoms with Gasteiger partial charge >= 0.3 is 6.03 Å². The Kier molecular flexibility index (Phi) is 3.14. The first-order valence-electron chi connectivity index (χ1n) is 4.82. The predicted octanol–water partition coefficient (Wildman–Crippen LogP) is 0.437. The van der Waals surface area contributed by atoms with Crippen LogP contribution in [0.15, 0.2) is 40.5 Å². The van der Waals surface area contributed by atoms with Gasteiger partial charge in [0, 0.05) is 4.47 Å². The van der Waals surface area contributed by atoms with Gasteiger partial charge in [-0.1, -0.05) is 28.1 Å². The molecule has 1 aliphatic rings. The lowest BCUT2D eigenvalue weighted by Crippen LogP contribution is -2.46. The van der Waals surface area contributed by atoms with Gasteiger partial charge < -0.3 is 20.5 Å². The third kappa shape index (κ3) is 2.65. The van der Waals surface area contributed by atoms with Crippen molar-refractivity contribution in [1.82, 2.24) is 10.6 Å². The second-order valence-corrected chi connectivity index (χ2v) is 4.41. The minimum atomic E-state index is -1.40. The van der Waals surface area contributed by atoms with Crippen LogP contribution in [-0.2, 0) is 4.79 Å². The zero-order valence-electron chi connectivity index (χ0n) is 8.57. The molecule has 88 valence electrons. The fourth-order valence-corrected chi connectivity index (χ4v) is 1.97. The minimum absolute atomic E-state index is 0.223. The van der Waals surface area contributed by atoms with E-state index in [-0.39, 0.29) is 5.70 Å². The number of urea groups is 1. The molecule has 1 heterocycles. The van der Waals surface area contributed by atoms with Gasteiger partial charge in [0.05, 0.1) is 17.7 Å². The van der Waals surface area contributed by atoms with Crippen molar-refractivity contribution in [2.45, 2.75) is 6.04 Å². The number of carbonyl (C=O) groups excluding carboxylic acids is 2. The van der Waals surface area contributed by atoms with E-state index in [0.717, 1.165) is 10.0 Å². The van der Waals surface area contributed by atoms with Crippen LogP contribution in [0, 0.1) is 0 Å². The van der Waals surface area contributed by atoms with Gasteiger partial charge in [-0.05, 0) is 23.8 Å². The first kappa shape index (κ1) is 11.7. The molecule has 2 N–H and O–H groups in total. The van der Waals surface area contributed by atoms with Crippen LogP contribution in [0.4, 0.5) is 4.79 Å². The molecule has 2 rings (SSSR count). The number of carboxylic acids is 1. The highest BCUT2D eigenvalue weighted by Gasteiger charge is 2.19. The zero-order chi connectivity index (χ0) is 12.4. The molecule has 1 aromatic rings. The van der Waals surface area contributed by atoms with Gasteiger partial charge in [0.2, 0.25) is 0 Å². The molecule has 1 atom stereocenters. The van der Waals surface area contributed by atoms with Crippen molar-refractivity contribution in [1.29, 1.82) is 0 Å². The first-order chi connectivity index (χ1) is 8.06. The topological polar surface area (TPSA) is 81.3 Å². The van der Waals surface area contributed by atoms with E-state index in [0.29, 0.717) is 0 Å². The number of amides is 2. The maximum absolute atomic E-state index is 11.3. The third-order valence-electron chi connectivity index (χ3n) is 2.30. The molecule has 0 radical (unpaired) electrons. The summed E-state index contributed by atoms with van der Waals surface area (Å²) in [5, 5.41) is 15.5. The maximum Gasteiger partial charge on any atom is 0.320 e. The summed E-state index contributed by atoms with van der Waals surface area (Å²) in [5.41, 5.74) is 0.562. The summed E-state index contributed by atoms with van der Waals surface area (Å²) in [6, 6.07) is 6.21. The Morgan fingerprint density at radius 2 is 2.18 bits per heavy atom. The Bertz CT molecular complexity index is 513. The van der Waals surface area contributed by atoms with Crippen molar-refractivity contribution in [3.63, 3.8) is 0 Å². The molecule has 5 nitrogen and oxygen atoms in total.